The number of hydrogen-bond donors (Lipinski definition) is 1. The van der Waals surface area contributed by atoms with Crippen molar-refractivity contribution in [1.82, 2.24) is 15.3 Å². The predicted molar refractivity (Wildman–Crippen MR) is 94.1 cm³/mol. The van der Waals surface area contributed by atoms with Crippen molar-refractivity contribution in [2.45, 2.75) is 77.8 Å². The first-order valence-electron chi connectivity index (χ1n) is 7.81. The average molecular weight is 310 g/mol. The molecule has 1 N–H and O–H groups in total. The Morgan fingerprint density at radius 1 is 1.05 bits per heavy atom. The van der Waals surface area contributed by atoms with Gasteiger partial charge in [0.15, 0.2) is 0 Å². The fourth-order valence-corrected chi connectivity index (χ4v) is 3.06. The summed E-state index contributed by atoms with van der Waals surface area (Å²) in [6.45, 7) is 18.5. The van der Waals surface area contributed by atoms with Crippen LogP contribution in [0, 0.1) is 13.8 Å². The van der Waals surface area contributed by atoms with Crippen LogP contribution in [0.3, 0.4) is 0 Å². The number of rotatable bonds is 6. The summed E-state index contributed by atoms with van der Waals surface area (Å²) in [5.74, 6) is 2.28. The summed E-state index contributed by atoms with van der Waals surface area (Å²) in [5.41, 5.74) is 3.56. The van der Waals surface area contributed by atoms with Crippen LogP contribution in [0.25, 0.3) is 0 Å². The molecule has 3 nitrogen and oxygen atoms in total. The smallest absolute Gasteiger partial charge is 0.138 e. The van der Waals surface area contributed by atoms with Crippen LogP contribution in [0.1, 0.15) is 70.2 Å². The molecule has 1 aromatic heterocycles. The lowest BCUT2D eigenvalue weighted by Crippen LogP contribution is -2.28. The first kappa shape index (κ1) is 18.4. The Morgan fingerprint density at radius 2 is 1.57 bits per heavy atom. The molecule has 21 heavy (non-hydrogen) atoms. The molecule has 0 saturated carbocycles. The van der Waals surface area contributed by atoms with Crippen molar-refractivity contribution in [3.63, 3.8) is 0 Å². The van der Waals surface area contributed by atoms with E-state index < -0.39 is 0 Å². The summed E-state index contributed by atoms with van der Waals surface area (Å²) < 4.78 is 0.248. The third-order valence-electron chi connectivity index (χ3n) is 3.33. The van der Waals surface area contributed by atoms with Gasteiger partial charge in [0, 0.05) is 28.7 Å². The van der Waals surface area contributed by atoms with Gasteiger partial charge in [-0.25, -0.2) is 9.97 Å². The van der Waals surface area contributed by atoms with Crippen molar-refractivity contribution >= 4 is 11.8 Å². The van der Waals surface area contributed by atoms with Crippen LogP contribution in [0.5, 0.6) is 0 Å². The summed E-state index contributed by atoms with van der Waals surface area (Å²) in [6, 6.07) is 0.511. The molecule has 120 valence electrons. The SMILES string of the molecule is Cc1nc(CSC(C)(C)C)nc(C)c1C(C)CNC(C)C. The van der Waals surface area contributed by atoms with Gasteiger partial charge in [0.05, 0.1) is 5.75 Å². The quantitative estimate of drug-likeness (QED) is 0.853. The lowest BCUT2D eigenvalue weighted by molar-refractivity contribution is 0.543. The molecule has 0 amide bonds. The van der Waals surface area contributed by atoms with E-state index in [2.05, 4.69) is 60.7 Å². The van der Waals surface area contributed by atoms with Crippen LogP contribution in [-0.2, 0) is 5.75 Å². The minimum absolute atomic E-state index is 0.248. The highest BCUT2D eigenvalue weighted by Gasteiger charge is 2.17. The van der Waals surface area contributed by atoms with Crippen LogP contribution in [0.4, 0.5) is 0 Å². The summed E-state index contributed by atoms with van der Waals surface area (Å²) in [6.07, 6.45) is 0. The average Bonchev–Trinajstić information content (AvgIpc) is 2.32. The zero-order chi connectivity index (χ0) is 16.2. The molecule has 0 fully saturated rings. The number of hydrogen-bond acceptors (Lipinski definition) is 4. The van der Waals surface area contributed by atoms with Crippen molar-refractivity contribution in [3.05, 3.63) is 22.8 Å². The molecule has 0 spiro atoms. The van der Waals surface area contributed by atoms with Gasteiger partial charge in [0.25, 0.3) is 0 Å². The lowest BCUT2D eigenvalue weighted by Gasteiger charge is -2.20. The monoisotopic (exact) mass is 309 g/mol. The molecular weight excluding hydrogens is 278 g/mol. The molecule has 0 radical (unpaired) electrons. The molecule has 0 aliphatic rings. The van der Waals surface area contributed by atoms with E-state index in [1.54, 1.807) is 0 Å². The van der Waals surface area contributed by atoms with E-state index in [1.165, 1.54) is 5.56 Å². The second kappa shape index (κ2) is 7.59. The Hall–Kier alpha value is -0.610. The lowest BCUT2D eigenvalue weighted by atomic mass is 9.98. The number of thioether (sulfide) groups is 1. The predicted octanol–water partition coefficient (Wildman–Crippen LogP) is 4.23. The van der Waals surface area contributed by atoms with Crippen LogP contribution >= 0.6 is 11.8 Å². The Labute approximate surface area is 134 Å². The van der Waals surface area contributed by atoms with Crippen molar-refractivity contribution in [3.8, 4) is 0 Å². The van der Waals surface area contributed by atoms with Gasteiger partial charge in [-0.1, -0.05) is 41.5 Å². The van der Waals surface area contributed by atoms with Crippen molar-refractivity contribution in [2.24, 2.45) is 0 Å². The van der Waals surface area contributed by atoms with Gasteiger partial charge in [0.1, 0.15) is 5.82 Å². The normalized spacial score (nSPS) is 13.8. The van der Waals surface area contributed by atoms with Crippen LogP contribution in [0.2, 0.25) is 0 Å². The van der Waals surface area contributed by atoms with E-state index >= 15 is 0 Å². The maximum atomic E-state index is 4.73. The third-order valence-corrected chi connectivity index (χ3v) is 4.60. The van der Waals surface area contributed by atoms with E-state index in [4.69, 9.17) is 9.97 Å². The molecule has 0 saturated heterocycles. The van der Waals surface area contributed by atoms with Gasteiger partial charge >= 0.3 is 0 Å². The minimum Gasteiger partial charge on any atom is -0.314 e. The van der Waals surface area contributed by atoms with Crippen molar-refractivity contribution < 1.29 is 0 Å². The molecule has 1 unspecified atom stereocenters. The molecule has 1 heterocycles. The Bertz CT molecular complexity index is 441. The van der Waals surface area contributed by atoms with E-state index in [9.17, 15) is 0 Å². The first-order valence-corrected chi connectivity index (χ1v) is 8.80. The fourth-order valence-electron chi connectivity index (χ4n) is 2.37. The highest BCUT2D eigenvalue weighted by molar-refractivity contribution is 7.99. The van der Waals surface area contributed by atoms with Gasteiger partial charge in [-0.15, -0.1) is 11.8 Å². The number of aromatic nitrogens is 2. The molecule has 1 atom stereocenters. The van der Waals surface area contributed by atoms with Crippen LogP contribution < -0.4 is 5.32 Å². The van der Waals surface area contributed by atoms with Crippen molar-refractivity contribution in [2.75, 3.05) is 6.54 Å². The van der Waals surface area contributed by atoms with E-state index in [-0.39, 0.29) is 4.75 Å². The van der Waals surface area contributed by atoms with E-state index in [0.717, 1.165) is 29.5 Å². The zero-order valence-electron chi connectivity index (χ0n) is 14.9. The highest BCUT2D eigenvalue weighted by atomic mass is 32.2. The number of aryl methyl sites for hydroxylation is 2. The Morgan fingerprint density at radius 3 is 2.00 bits per heavy atom. The molecule has 0 aliphatic carbocycles. The van der Waals surface area contributed by atoms with Gasteiger partial charge < -0.3 is 5.32 Å². The molecular formula is C17H31N3S. The molecule has 1 rings (SSSR count). The summed E-state index contributed by atoms with van der Waals surface area (Å²) in [5, 5.41) is 3.50. The molecule has 4 heteroatoms. The fraction of sp³-hybridized carbons (Fsp3) is 0.765. The van der Waals surface area contributed by atoms with E-state index in [1.807, 2.05) is 11.8 Å². The second-order valence-corrected chi connectivity index (χ2v) is 8.89. The summed E-state index contributed by atoms with van der Waals surface area (Å²) in [7, 11) is 0. The number of nitrogens with zero attached hydrogens (tertiary/aromatic N) is 2. The van der Waals surface area contributed by atoms with Gasteiger partial charge in [-0.3, -0.25) is 0 Å². The minimum atomic E-state index is 0.248. The summed E-state index contributed by atoms with van der Waals surface area (Å²) in [4.78, 5) is 9.45. The maximum Gasteiger partial charge on any atom is 0.138 e. The summed E-state index contributed by atoms with van der Waals surface area (Å²) >= 11 is 1.90. The second-order valence-electron chi connectivity index (χ2n) is 7.09. The van der Waals surface area contributed by atoms with Crippen LogP contribution in [-0.4, -0.2) is 27.3 Å². The highest BCUT2D eigenvalue weighted by Crippen LogP contribution is 2.27. The first-order chi connectivity index (χ1) is 9.60. The number of nitrogens with one attached hydrogen (secondary N) is 1. The topological polar surface area (TPSA) is 37.8 Å². The Kier molecular flexibility index (Phi) is 6.67. The maximum absolute atomic E-state index is 4.73. The van der Waals surface area contributed by atoms with Gasteiger partial charge in [-0.05, 0) is 25.3 Å². The zero-order valence-corrected chi connectivity index (χ0v) is 15.7. The van der Waals surface area contributed by atoms with Gasteiger partial charge in [-0.2, -0.15) is 0 Å². The van der Waals surface area contributed by atoms with Crippen molar-refractivity contribution in [1.29, 1.82) is 0 Å². The molecule has 0 aromatic carbocycles. The molecule has 0 bridgehead atoms. The van der Waals surface area contributed by atoms with Gasteiger partial charge in [0.2, 0.25) is 0 Å². The Balaban J connectivity index is 2.84. The standard InChI is InChI=1S/C17H31N3S/c1-11(2)18-9-12(3)16-13(4)19-15(20-14(16)5)10-21-17(6,7)8/h11-12,18H,9-10H2,1-8H3. The van der Waals surface area contributed by atoms with Crippen LogP contribution in [0.15, 0.2) is 0 Å². The molecule has 1 aromatic rings. The third kappa shape index (κ3) is 6.35. The van der Waals surface area contributed by atoms with E-state index in [0.29, 0.717) is 12.0 Å². The molecule has 0 aliphatic heterocycles. The largest absolute Gasteiger partial charge is 0.314 e.